The fourth-order valence-corrected chi connectivity index (χ4v) is 0. The zero-order valence-electron chi connectivity index (χ0n) is 4.05. The molecule has 0 aromatic carbocycles. The summed E-state index contributed by atoms with van der Waals surface area (Å²) in [6.07, 6.45) is 2.50. The van der Waals surface area contributed by atoms with Crippen LogP contribution in [0.3, 0.4) is 0 Å². The predicted molar refractivity (Wildman–Crippen MR) is 25.4 cm³/mol. The molecule has 0 saturated carbocycles. The van der Waals surface area contributed by atoms with Crippen LogP contribution in [-0.4, -0.2) is 29.6 Å². The first-order chi connectivity index (χ1) is 2.83. The normalized spacial score (nSPS) is 2.00. The third-order valence-corrected chi connectivity index (χ3v) is 0. The second-order valence-electron chi connectivity index (χ2n) is 0.258. The maximum atomic E-state index is 7.10. The van der Waals surface area contributed by atoms with Crippen molar-refractivity contribution in [1.82, 2.24) is 0 Å². The summed E-state index contributed by atoms with van der Waals surface area (Å²) < 4.78 is 0. The third-order valence-electron chi connectivity index (χ3n) is 0. The van der Waals surface area contributed by atoms with Gasteiger partial charge in [-0.25, -0.2) is 0 Å². The van der Waals surface area contributed by atoms with Crippen molar-refractivity contribution in [3.63, 3.8) is 0 Å². The summed E-state index contributed by atoms with van der Waals surface area (Å²) in [5.41, 5.74) is 8.31. The maximum absolute atomic E-state index is 7.10. The molecule has 0 aliphatic rings. The van der Waals surface area contributed by atoms with Crippen molar-refractivity contribution in [2.24, 2.45) is 11.5 Å². The fraction of sp³-hybridized carbons (Fsp3) is 0. The van der Waals surface area contributed by atoms with E-state index in [9.17, 15) is 0 Å². The Hall–Kier alpha value is -0.420. The number of rotatable bonds is 0. The summed E-state index contributed by atoms with van der Waals surface area (Å²) in [5.74, 6) is 0. The summed E-state index contributed by atoms with van der Waals surface area (Å²) in [7, 11) is 0. The van der Waals surface area contributed by atoms with Gasteiger partial charge in [0.15, 0.2) is 12.4 Å². The molecule has 7 heavy (non-hydrogen) atoms. The second-order valence-corrected chi connectivity index (χ2v) is 0.258. The van der Waals surface area contributed by atoms with Gasteiger partial charge in [0.25, 0.3) is 0 Å². The molecule has 1 radical (unpaired) electrons. The maximum Gasteiger partial charge on any atom is 0.173 e. The van der Waals surface area contributed by atoms with E-state index in [0.29, 0.717) is 0 Å². The van der Waals surface area contributed by atoms with E-state index in [0.717, 1.165) is 0 Å². The van der Waals surface area contributed by atoms with Gasteiger partial charge < -0.3 is 11.5 Å². The Morgan fingerprint density at radius 2 is 1.00 bits per heavy atom. The average molecular weight is 107 g/mol. The molecule has 0 fully saturated rings. The van der Waals surface area contributed by atoms with Gasteiger partial charge >= 0.3 is 0 Å². The molecule has 0 aromatic heterocycles. The van der Waals surface area contributed by atoms with Gasteiger partial charge in [-0.1, -0.05) is 0 Å². The standard InChI is InChI=1S/2CH2N2.Na/c2*2-1-3;/h2*2H2;. The van der Waals surface area contributed by atoms with Crippen LogP contribution in [0.5, 0.6) is 0 Å². The molecule has 0 bridgehead atoms. The Bertz CT molecular complexity index is 64.7. The van der Waals surface area contributed by atoms with Crippen molar-refractivity contribution in [3.8, 4) is 12.4 Å². The van der Waals surface area contributed by atoms with E-state index >= 15 is 0 Å². The van der Waals surface area contributed by atoms with E-state index in [2.05, 4.69) is 11.5 Å². The zero-order valence-corrected chi connectivity index (χ0v) is 6.05. The molecule has 0 saturated heterocycles. The van der Waals surface area contributed by atoms with Crippen LogP contribution in [0, 0.1) is 22.9 Å². The molecule has 0 aromatic rings. The van der Waals surface area contributed by atoms with Gasteiger partial charge in [-0.2, -0.15) is 10.5 Å². The Morgan fingerprint density at radius 3 is 1.00 bits per heavy atom. The van der Waals surface area contributed by atoms with E-state index < -0.39 is 0 Å². The Labute approximate surface area is 64.0 Å². The molecule has 33 valence electrons. The summed E-state index contributed by atoms with van der Waals surface area (Å²) in [6.45, 7) is 0. The first kappa shape index (κ1) is 16.0. The molecule has 0 rings (SSSR count). The molecule has 0 aliphatic carbocycles. The van der Waals surface area contributed by atoms with Gasteiger partial charge in [-0.05, 0) is 0 Å². The fourth-order valence-electron chi connectivity index (χ4n) is 0. The quantitative estimate of drug-likeness (QED) is 0.223. The van der Waals surface area contributed by atoms with Gasteiger partial charge in [-0.3, -0.25) is 0 Å². The van der Waals surface area contributed by atoms with Crippen LogP contribution < -0.4 is 11.5 Å². The largest absolute Gasteiger partial charge is 0.337 e. The van der Waals surface area contributed by atoms with Gasteiger partial charge in [0.05, 0.1) is 0 Å². The molecule has 4 nitrogen and oxygen atoms in total. The van der Waals surface area contributed by atoms with Gasteiger partial charge in [-0.15, -0.1) is 0 Å². The first-order valence-corrected chi connectivity index (χ1v) is 1.02. The Morgan fingerprint density at radius 1 is 1.00 bits per heavy atom. The van der Waals surface area contributed by atoms with Crippen molar-refractivity contribution in [2.45, 2.75) is 0 Å². The van der Waals surface area contributed by atoms with E-state index in [1.807, 2.05) is 0 Å². The van der Waals surface area contributed by atoms with Crippen LogP contribution >= 0.6 is 0 Å². The molecule has 4 N–H and O–H groups in total. The van der Waals surface area contributed by atoms with Crippen molar-refractivity contribution in [2.75, 3.05) is 0 Å². The minimum absolute atomic E-state index is 0. The zero-order chi connectivity index (χ0) is 5.41. The molecule has 0 atom stereocenters. The first-order valence-electron chi connectivity index (χ1n) is 1.02. The van der Waals surface area contributed by atoms with Crippen molar-refractivity contribution in [1.29, 1.82) is 10.5 Å². The van der Waals surface area contributed by atoms with Gasteiger partial charge in [0.2, 0.25) is 0 Å². The summed E-state index contributed by atoms with van der Waals surface area (Å²) >= 11 is 0. The second kappa shape index (κ2) is 46.9. The predicted octanol–water partition coefficient (Wildman–Crippen LogP) is -1.53. The number of nitrogens with zero attached hydrogens (tertiary/aromatic N) is 2. The Balaban J connectivity index is -0.0000000400. The number of hydrogen-bond donors (Lipinski definition) is 2. The molecular formula is C2H4N4Na. The van der Waals surface area contributed by atoms with E-state index in [4.69, 9.17) is 10.5 Å². The number of nitrogens with two attached hydrogens (primary N) is 2. The molecule has 0 unspecified atom stereocenters. The SMILES string of the molecule is N#CN.N#CN.[Na]. The molecular weight excluding hydrogens is 103 g/mol. The molecule has 0 aliphatic heterocycles. The van der Waals surface area contributed by atoms with Crippen molar-refractivity contribution in [3.05, 3.63) is 0 Å². The minimum Gasteiger partial charge on any atom is -0.337 e. The van der Waals surface area contributed by atoms with Crippen LogP contribution in [-0.2, 0) is 0 Å². The molecule has 0 heterocycles. The van der Waals surface area contributed by atoms with Crippen LogP contribution in [0.1, 0.15) is 0 Å². The van der Waals surface area contributed by atoms with E-state index in [1.165, 1.54) is 12.4 Å². The summed E-state index contributed by atoms with van der Waals surface area (Å²) in [4.78, 5) is 0. The molecule has 0 amide bonds. The minimum atomic E-state index is 0. The monoisotopic (exact) mass is 107 g/mol. The van der Waals surface area contributed by atoms with Crippen molar-refractivity contribution < 1.29 is 0 Å². The van der Waals surface area contributed by atoms with Crippen LogP contribution in [0.4, 0.5) is 0 Å². The van der Waals surface area contributed by atoms with Crippen LogP contribution in [0.15, 0.2) is 0 Å². The number of nitriles is 2. The summed E-state index contributed by atoms with van der Waals surface area (Å²) in [6, 6.07) is 0. The van der Waals surface area contributed by atoms with Crippen LogP contribution in [0.2, 0.25) is 0 Å². The van der Waals surface area contributed by atoms with Gasteiger partial charge in [0.1, 0.15) is 0 Å². The number of hydrogen-bond acceptors (Lipinski definition) is 4. The van der Waals surface area contributed by atoms with Crippen molar-refractivity contribution >= 4 is 29.6 Å². The Kier molecular flexibility index (Phi) is 107. The van der Waals surface area contributed by atoms with Gasteiger partial charge in [0, 0.05) is 29.6 Å². The van der Waals surface area contributed by atoms with E-state index in [1.54, 1.807) is 0 Å². The third kappa shape index (κ3) is 405. The van der Waals surface area contributed by atoms with E-state index in [-0.39, 0.29) is 29.6 Å². The van der Waals surface area contributed by atoms with Crippen LogP contribution in [0.25, 0.3) is 0 Å². The summed E-state index contributed by atoms with van der Waals surface area (Å²) in [5, 5.41) is 14.2. The molecule has 5 heteroatoms. The average Bonchev–Trinajstić information content (AvgIpc) is 1.39. The smallest absolute Gasteiger partial charge is 0.173 e. The molecule has 0 spiro atoms. The topological polar surface area (TPSA) is 99.6 Å².